The minimum Gasteiger partial charge on any atom is -0.354 e. The lowest BCUT2D eigenvalue weighted by Crippen LogP contribution is -2.32. The fourth-order valence-electron chi connectivity index (χ4n) is 3.55. The number of likely N-dealkylation sites (N-methyl/N-ethyl adjacent to an activating group) is 1. The topological polar surface area (TPSA) is 32.3 Å². The molecule has 0 unspecified atom stereocenters. The summed E-state index contributed by atoms with van der Waals surface area (Å²) in [6, 6.07) is 0.727. The van der Waals surface area contributed by atoms with Crippen molar-refractivity contribution >= 4 is 5.82 Å². The minimum atomic E-state index is 0.727. The molecule has 0 aliphatic carbocycles. The van der Waals surface area contributed by atoms with E-state index in [9.17, 15) is 0 Å². The monoisotopic (exact) mass is 260 g/mol. The highest BCUT2D eigenvalue weighted by Gasteiger charge is 2.40. The van der Waals surface area contributed by atoms with Crippen molar-refractivity contribution in [2.24, 2.45) is 5.92 Å². The van der Waals surface area contributed by atoms with Crippen molar-refractivity contribution in [3.63, 3.8) is 0 Å². The molecule has 2 aliphatic rings. The van der Waals surface area contributed by atoms with Gasteiger partial charge < -0.3 is 9.80 Å². The molecular formula is C15H24N4. The van der Waals surface area contributed by atoms with Gasteiger partial charge in [-0.1, -0.05) is 13.3 Å². The molecule has 4 nitrogen and oxygen atoms in total. The van der Waals surface area contributed by atoms with Crippen LogP contribution in [0.1, 0.15) is 31.2 Å². The van der Waals surface area contributed by atoms with Gasteiger partial charge in [-0.15, -0.1) is 0 Å². The first-order valence-corrected chi connectivity index (χ1v) is 7.46. The Hall–Kier alpha value is -1.16. The van der Waals surface area contributed by atoms with Crippen molar-refractivity contribution in [3.05, 3.63) is 17.6 Å². The van der Waals surface area contributed by atoms with Crippen molar-refractivity contribution in [2.75, 3.05) is 31.6 Å². The maximum Gasteiger partial charge on any atom is 0.135 e. The largest absolute Gasteiger partial charge is 0.354 e. The standard InChI is InChI=1S/C15H24N4/c1-4-5-12-8-16-11(2)17-15(12)19-9-13-6-7-18(3)14(13)10-19/h8,13-14H,4-7,9-10H2,1-3H3/t13-,14+/m1/s1. The van der Waals surface area contributed by atoms with Crippen molar-refractivity contribution < 1.29 is 0 Å². The predicted octanol–water partition coefficient (Wildman–Crippen LogP) is 1.88. The molecule has 0 radical (unpaired) electrons. The fraction of sp³-hybridized carbons (Fsp3) is 0.733. The predicted molar refractivity (Wildman–Crippen MR) is 77.5 cm³/mol. The quantitative estimate of drug-likeness (QED) is 0.830. The number of aryl methyl sites for hydroxylation is 2. The van der Waals surface area contributed by atoms with Crippen LogP contribution in [-0.2, 0) is 6.42 Å². The van der Waals surface area contributed by atoms with Gasteiger partial charge in [0, 0.05) is 30.9 Å². The van der Waals surface area contributed by atoms with E-state index in [2.05, 4.69) is 28.8 Å². The summed E-state index contributed by atoms with van der Waals surface area (Å²) in [5.74, 6) is 2.91. The number of hydrogen-bond donors (Lipinski definition) is 0. The molecule has 104 valence electrons. The molecular weight excluding hydrogens is 236 g/mol. The summed E-state index contributed by atoms with van der Waals surface area (Å²) >= 11 is 0. The van der Waals surface area contributed by atoms with Crippen LogP contribution < -0.4 is 4.90 Å². The van der Waals surface area contributed by atoms with Crippen LogP contribution in [0.3, 0.4) is 0 Å². The number of nitrogens with zero attached hydrogens (tertiary/aromatic N) is 4. The first kappa shape index (κ1) is 12.9. The van der Waals surface area contributed by atoms with Crippen LogP contribution in [0.5, 0.6) is 0 Å². The Balaban J connectivity index is 1.84. The molecule has 4 heteroatoms. The molecule has 1 aromatic heterocycles. The van der Waals surface area contributed by atoms with Gasteiger partial charge in [0.2, 0.25) is 0 Å². The summed E-state index contributed by atoms with van der Waals surface area (Å²) in [4.78, 5) is 14.1. The van der Waals surface area contributed by atoms with E-state index in [0.717, 1.165) is 37.2 Å². The fourth-order valence-corrected chi connectivity index (χ4v) is 3.55. The van der Waals surface area contributed by atoms with Crippen LogP contribution in [0.2, 0.25) is 0 Å². The highest BCUT2D eigenvalue weighted by atomic mass is 15.3. The van der Waals surface area contributed by atoms with E-state index in [1.54, 1.807) is 0 Å². The molecule has 0 saturated carbocycles. The Kier molecular flexibility index (Phi) is 3.44. The highest BCUT2D eigenvalue weighted by molar-refractivity contribution is 5.48. The molecule has 0 N–H and O–H groups in total. The Morgan fingerprint density at radius 1 is 1.37 bits per heavy atom. The Morgan fingerprint density at radius 2 is 2.21 bits per heavy atom. The normalized spacial score (nSPS) is 27.0. The zero-order valence-electron chi connectivity index (χ0n) is 12.3. The van der Waals surface area contributed by atoms with Crippen LogP contribution >= 0.6 is 0 Å². The van der Waals surface area contributed by atoms with E-state index in [-0.39, 0.29) is 0 Å². The van der Waals surface area contributed by atoms with Crippen molar-refractivity contribution in [3.8, 4) is 0 Å². The Labute approximate surface area is 115 Å². The molecule has 1 aromatic rings. The number of aromatic nitrogens is 2. The van der Waals surface area contributed by atoms with Crippen LogP contribution in [0, 0.1) is 12.8 Å². The van der Waals surface area contributed by atoms with E-state index in [4.69, 9.17) is 4.98 Å². The van der Waals surface area contributed by atoms with Crippen molar-refractivity contribution in [1.29, 1.82) is 0 Å². The minimum absolute atomic E-state index is 0.727. The summed E-state index contributed by atoms with van der Waals surface area (Å²) in [6.45, 7) is 7.77. The van der Waals surface area contributed by atoms with Gasteiger partial charge in [0.15, 0.2) is 0 Å². The number of fused-ring (bicyclic) bond motifs is 1. The number of hydrogen-bond acceptors (Lipinski definition) is 4. The lowest BCUT2D eigenvalue weighted by atomic mass is 10.1. The SMILES string of the molecule is CCCc1cnc(C)nc1N1C[C@H]2CCN(C)[C@H]2C1. The first-order valence-electron chi connectivity index (χ1n) is 7.46. The molecule has 3 rings (SSSR count). The molecule has 0 spiro atoms. The summed E-state index contributed by atoms with van der Waals surface area (Å²) in [7, 11) is 2.26. The lowest BCUT2D eigenvalue weighted by Gasteiger charge is -2.23. The summed E-state index contributed by atoms with van der Waals surface area (Å²) in [6.07, 6.45) is 5.60. The zero-order valence-corrected chi connectivity index (χ0v) is 12.3. The van der Waals surface area contributed by atoms with Crippen LogP contribution in [0.15, 0.2) is 6.20 Å². The lowest BCUT2D eigenvalue weighted by molar-refractivity contribution is 0.310. The molecule has 2 saturated heterocycles. The summed E-state index contributed by atoms with van der Waals surface area (Å²) in [5, 5.41) is 0. The van der Waals surface area contributed by atoms with Gasteiger partial charge in [-0.05, 0) is 39.3 Å². The number of anilines is 1. The van der Waals surface area contributed by atoms with Gasteiger partial charge in [-0.25, -0.2) is 9.97 Å². The van der Waals surface area contributed by atoms with Crippen LogP contribution in [-0.4, -0.2) is 47.6 Å². The van der Waals surface area contributed by atoms with E-state index in [1.165, 1.54) is 30.9 Å². The molecule has 0 amide bonds. The second-order valence-corrected chi connectivity index (χ2v) is 6.02. The molecule has 0 bridgehead atoms. The second kappa shape index (κ2) is 5.08. The van der Waals surface area contributed by atoms with Crippen LogP contribution in [0.4, 0.5) is 5.82 Å². The molecule has 2 atom stereocenters. The summed E-state index contributed by atoms with van der Waals surface area (Å²) < 4.78 is 0. The van der Waals surface area contributed by atoms with Crippen LogP contribution in [0.25, 0.3) is 0 Å². The average molecular weight is 260 g/mol. The number of likely N-dealkylation sites (tertiary alicyclic amines) is 1. The van der Waals surface area contributed by atoms with Gasteiger partial charge in [0.25, 0.3) is 0 Å². The van der Waals surface area contributed by atoms with E-state index < -0.39 is 0 Å². The van der Waals surface area contributed by atoms with E-state index in [1.807, 2.05) is 13.1 Å². The summed E-state index contributed by atoms with van der Waals surface area (Å²) in [5.41, 5.74) is 1.32. The Morgan fingerprint density at radius 3 is 2.95 bits per heavy atom. The van der Waals surface area contributed by atoms with Gasteiger partial charge >= 0.3 is 0 Å². The van der Waals surface area contributed by atoms with Gasteiger partial charge in [-0.2, -0.15) is 0 Å². The average Bonchev–Trinajstić information content (AvgIpc) is 2.95. The molecule has 2 aliphatic heterocycles. The second-order valence-electron chi connectivity index (χ2n) is 6.02. The van der Waals surface area contributed by atoms with Gasteiger partial charge in [0.1, 0.15) is 11.6 Å². The van der Waals surface area contributed by atoms with Crippen molar-refractivity contribution in [2.45, 2.75) is 39.2 Å². The van der Waals surface area contributed by atoms with Gasteiger partial charge in [-0.3, -0.25) is 0 Å². The maximum absolute atomic E-state index is 4.72. The molecule has 0 aromatic carbocycles. The first-order chi connectivity index (χ1) is 9.19. The van der Waals surface area contributed by atoms with E-state index in [0.29, 0.717) is 0 Å². The van der Waals surface area contributed by atoms with E-state index >= 15 is 0 Å². The third-order valence-electron chi connectivity index (χ3n) is 4.61. The third kappa shape index (κ3) is 2.34. The van der Waals surface area contributed by atoms with Crippen molar-refractivity contribution in [1.82, 2.24) is 14.9 Å². The highest BCUT2D eigenvalue weighted by Crippen LogP contribution is 2.33. The molecule has 3 heterocycles. The smallest absolute Gasteiger partial charge is 0.135 e. The Bertz CT molecular complexity index is 459. The third-order valence-corrected chi connectivity index (χ3v) is 4.61. The maximum atomic E-state index is 4.72. The van der Waals surface area contributed by atoms with Gasteiger partial charge in [0.05, 0.1) is 0 Å². The number of rotatable bonds is 3. The molecule has 2 fully saturated rings. The zero-order chi connectivity index (χ0) is 13.4. The molecule has 19 heavy (non-hydrogen) atoms.